The summed E-state index contributed by atoms with van der Waals surface area (Å²) in [7, 11) is 0. The number of likely N-dealkylation sites (tertiary alicyclic amines) is 1. The molecule has 2 aliphatic carbocycles. The van der Waals surface area contributed by atoms with Crippen molar-refractivity contribution in [2.45, 2.75) is 70.3 Å². The first-order valence-electron chi connectivity index (χ1n) is 15.1. The van der Waals surface area contributed by atoms with E-state index in [1.807, 2.05) is 12.1 Å². The number of carbonyl (C=O) groups is 1. The summed E-state index contributed by atoms with van der Waals surface area (Å²) in [5.74, 6) is 1.55. The second-order valence-electron chi connectivity index (χ2n) is 12.4. The highest BCUT2D eigenvalue weighted by molar-refractivity contribution is 5.99. The maximum absolute atomic E-state index is 11.9. The van der Waals surface area contributed by atoms with Crippen molar-refractivity contribution in [2.24, 2.45) is 11.8 Å². The van der Waals surface area contributed by atoms with Gasteiger partial charge >= 0.3 is 5.97 Å². The zero-order valence-corrected chi connectivity index (χ0v) is 22.6. The normalized spacial score (nSPS) is 24.2. The number of para-hydroxylation sites is 1. The number of rotatable bonds is 5. The monoisotopic (exact) mass is 511 g/mol. The molecule has 5 nitrogen and oxygen atoms in total. The van der Waals surface area contributed by atoms with Crippen LogP contribution in [0.25, 0.3) is 22.2 Å². The maximum Gasteiger partial charge on any atom is 0.335 e. The number of aromatic nitrogens is 1. The summed E-state index contributed by atoms with van der Waals surface area (Å²) in [5.41, 5.74) is 6.97. The van der Waals surface area contributed by atoms with Crippen LogP contribution in [-0.2, 0) is 6.54 Å². The Morgan fingerprint density at radius 1 is 0.842 bits per heavy atom. The van der Waals surface area contributed by atoms with Gasteiger partial charge in [0.05, 0.1) is 11.3 Å². The lowest BCUT2D eigenvalue weighted by Crippen LogP contribution is -2.35. The summed E-state index contributed by atoms with van der Waals surface area (Å²) in [6.07, 6.45) is 12.1. The van der Waals surface area contributed by atoms with Crippen molar-refractivity contribution in [1.82, 2.24) is 9.47 Å². The third-order valence-electron chi connectivity index (χ3n) is 10.2. The van der Waals surface area contributed by atoms with Crippen LogP contribution in [0.4, 0.5) is 5.69 Å². The van der Waals surface area contributed by atoms with Gasteiger partial charge in [0.15, 0.2) is 0 Å². The molecule has 38 heavy (non-hydrogen) atoms. The molecule has 3 aromatic rings. The summed E-state index contributed by atoms with van der Waals surface area (Å²) in [4.78, 5) is 17.3. The van der Waals surface area contributed by atoms with Gasteiger partial charge in [0, 0.05) is 61.4 Å². The number of hydrogen-bond donors (Lipinski definition) is 1. The molecular formula is C33H41N3O2. The molecule has 1 aromatic heterocycles. The fourth-order valence-electron chi connectivity index (χ4n) is 8.31. The van der Waals surface area contributed by atoms with Gasteiger partial charge in [-0.05, 0) is 67.2 Å². The molecule has 0 radical (unpaired) electrons. The Bertz CT molecular complexity index is 1320. The van der Waals surface area contributed by atoms with Crippen molar-refractivity contribution < 1.29 is 9.90 Å². The van der Waals surface area contributed by atoms with E-state index in [2.05, 4.69) is 44.7 Å². The van der Waals surface area contributed by atoms with Crippen molar-refractivity contribution >= 4 is 22.6 Å². The zero-order chi connectivity index (χ0) is 25.6. The van der Waals surface area contributed by atoms with Crippen LogP contribution in [0.3, 0.4) is 0 Å². The summed E-state index contributed by atoms with van der Waals surface area (Å²) in [6.45, 7) is 6.61. The molecule has 0 bridgehead atoms. The molecule has 5 heteroatoms. The van der Waals surface area contributed by atoms with Crippen LogP contribution < -0.4 is 4.90 Å². The van der Waals surface area contributed by atoms with Gasteiger partial charge in [-0.25, -0.2) is 4.79 Å². The molecule has 2 aliphatic heterocycles. The predicted molar refractivity (Wildman–Crippen MR) is 154 cm³/mol. The van der Waals surface area contributed by atoms with Crippen molar-refractivity contribution in [2.75, 3.05) is 37.6 Å². The number of carboxylic acids is 1. The summed E-state index contributed by atoms with van der Waals surface area (Å²) in [6, 6.07) is 14.8. The molecule has 2 aromatic carbocycles. The molecule has 7 rings (SSSR count). The van der Waals surface area contributed by atoms with Crippen molar-refractivity contribution in [3.05, 3.63) is 53.6 Å². The Morgan fingerprint density at radius 3 is 2.34 bits per heavy atom. The molecular weight excluding hydrogens is 470 g/mol. The second kappa shape index (κ2) is 10.1. The minimum absolute atomic E-state index is 0.387. The molecule has 3 heterocycles. The third-order valence-corrected chi connectivity index (χ3v) is 10.2. The highest BCUT2D eigenvalue weighted by Gasteiger charge is 2.35. The Balaban J connectivity index is 1.26. The molecule has 0 unspecified atom stereocenters. The summed E-state index contributed by atoms with van der Waals surface area (Å²) < 4.78 is 2.47. The molecule has 1 N–H and O–H groups in total. The molecule has 0 spiro atoms. The fraction of sp³-hybridized carbons (Fsp3) is 0.545. The number of fused-ring (bicyclic) bond motifs is 6. The van der Waals surface area contributed by atoms with Crippen LogP contribution in [-0.4, -0.2) is 53.3 Å². The average Bonchev–Trinajstić information content (AvgIpc) is 3.47. The Hall–Kier alpha value is -2.79. The van der Waals surface area contributed by atoms with Gasteiger partial charge in [-0.2, -0.15) is 0 Å². The highest BCUT2D eigenvalue weighted by Crippen LogP contribution is 2.47. The molecule has 0 amide bonds. The van der Waals surface area contributed by atoms with Crippen molar-refractivity contribution in [3.63, 3.8) is 0 Å². The molecule has 2 atom stereocenters. The molecule has 4 aliphatic rings. The van der Waals surface area contributed by atoms with E-state index in [-0.39, 0.29) is 0 Å². The third kappa shape index (κ3) is 4.23. The first kappa shape index (κ1) is 24.3. The minimum atomic E-state index is -0.844. The van der Waals surface area contributed by atoms with Gasteiger partial charge in [-0.1, -0.05) is 56.4 Å². The fourth-order valence-corrected chi connectivity index (χ4v) is 8.31. The number of anilines is 1. The zero-order valence-electron chi connectivity index (χ0n) is 22.6. The van der Waals surface area contributed by atoms with E-state index in [0.29, 0.717) is 11.5 Å². The summed E-state index contributed by atoms with van der Waals surface area (Å²) >= 11 is 0. The summed E-state index contributed by atoms with van der Waals surface area (Å²) in [5, 5.41) is 11.1. The molecule has 200 valence electrons. The van der Waals surface area contributed by atoms with Crippen LogP contribution in [0.2, 0.25) is 0 Å². The minimum Gasteiger partial charge on any atom is -0.478 e. The largest absolute Gasteiger partial charge is 0.478 e. The van der Waals surface area contributed by atoms with Gasteiger partial charge in [0.25, 0.3) is 0 Å². The standard InChI is InChI=1S/C33H41N3O2/c37-33(38)24-14-15-27-30(20-24)36-19-18-35(17-16-34-21-25-10-4-5-11-26(25)22-34)29-13-7-6-12-28(29)32(36)31(27)23-8-2-1-3-9-23/h6-7,12-15,20,23,25-26H,1-5,8-11,16-19,21-22H2,(H,37,38)/t25-,26+. The topological polar surface area (TPSA) is 48.7 Å². The van der Waals surface area contributed by atoms with E-state index in [4.69, 9.17) is 0 Å². The first-order valence-corrected chi connectivity index (χ1v) is 15.1. The van der Waals surface area contributed by atoms with Crippen LogP contribution >= 0.6 is 0 Å². The second-order valence-corrected chi connectivity index (χ2v) is 12.4. The van der Waals surface area contributed by atoms with Crippen LogP contribution in [0.15, 0.2) is 42.5 Å². The average molecular weight is 512 g/mol. The number of hydrogen-bond acceptors (Lipinski definition) is 3. The van der Waals surface area contributed by atoms with E-state index < -0.39 is 5.97 Å². The van der Waals surface area contributed by atoms with Gasteiger partial charge in [0.2, 0.25) is 0 Å². The van der Waals surface area contributed by atoms with E-state index in [1.165, 1.54) is 98.8 Å². The van der Waals surface area contributed by atoms with Crippen LogP contribution in [0, 0.1) is 11.8 Å². The lowest BCUT2D eigenvalue weighted by molar-refractivity contribution is 0.0697. The Labute approximate surface area is 226 Å². The Kier molecular flexibility index (Phi) is 6.43. The predicted octanol–water partition coefficient (Wildman–Crippen LogP) is 7.00. The molecule has 2 saturated carbocycles. The quantitative estimate of drug-likeness (QED) is 0.401. The molecule has 3 fully saturated rings. The van der Waals surface area contributed by atoms with E-state index in [0.717, 1.165) is 43.5 Å². The number of aromatic carboxylic acids is 1. The van der Waals surface area contributed by atoms with Crippen LogP contribution in [0.5, 0.6) is 0 Å². The number of carboxylic acid groups (broad SMARTS) is 1. The molecule has 1 saturated heterocycles. The van der Waals surface area contributed by atoms with Gasteiger partial charge in [-0.3, -0.25) is 0 Å². The van der Waals surface area contributed by atoms with Gasteiger partial charge in [-0.15, -0.1) is 0 Å². The lowest BCUT2D eigenvalue weighted by Gasteiger charge is -2.28. The lowest BCUT2D eigenvalue weighted by atomic mass is 9.81. The van der Waals surface area contributed by atoms with E-state index in [1.54, 1.807) is 0 Å². The first-order chi connectivity index (χ1) is 18.7. The number of benzene rings is 2. The van der Waals surface area contributed by atoms with E-state index >= 15 is 0 Å². The Morgan fingerprint density at radius 2 is 1.58 bits per heavy atom. The van der Waals surface area contributed by atoms with Crippen molar-refractivity contribution in [1.29, 1.82) is 0 Å². The van der Waals surface area contributed by atoms with Crippen molar-refractivity contribution in [3.8, 4) is 11.3 Å². The van der Waals surface area contributed by atoms with Crippen LogP contribution in [0.1, 0.15) is 79.6 Å². The SMILES string of the molecule is O=C(O)c1ccc2c(C3CCCCC3)c3n(c2c1)CCN(CCN1C[C@H]2CCCC[C@H]2C1)c1ccccc1-3. The number of nitrogens with zero attached hydrogens (tertiary/aromatic N) is 3. The van der Waals surface area contributed by atoms with Gasteiger partial charge in [0.1, 0.15) is 0 Å². The highest BCUT2D eigenvalue weighted by atomic mass is 16.4. The van der Waals surface area contributed by atoms with Gasteiger partial charge < -0.3 is 19.5 Å². The maximum atomic E-state index is 11.9. The van der Waals surface area contributed by atoms with E-state index in [9.17, 15) is 9.90 Å². The smallest absolute Gasteiger partial charge is 0.335 e.